The lowest BCUT2D eigenvalue weighted by molar-refractivity contribution is 0.104. The molecule has 0 aliphatic carbocycles. The van der Waals surface area contributed by atoms with Crippen molar-refractivity contribution in [3.05, 3.63) is 55.3 Å². The summed E-state index contributed by atoms with van der Waals surface area (Å²) in [5.74, 6) is -0.143. The van der Waals surface area contributed by atoms with E-state index in [4.69, 9.17) is 34.8 Å². The van der Waals surface area contributed by atoms with E-state index in [0.29, 0.717) is 30.9 Å². The number of halogens is 3. The third kappa shape index (κ3) is 2.17. The standard InChI is InChI=1S/C13H6Cl3NOS/c14-6-3-9(16)11-7(5-17-10(11)4-6)12(18)13-8(15)1-2-19-13/h1-5,17H. The number of rotatable bonds is 2. The normalized spacial score (nSPS) is 11.1. The number of aromatic nitrogens is 1. The molecule has 1 aromatic carbocycles. The van der Waals surface area contributed by atoms with Crippen LogP contribution in [0.1, 0.15) is 15.2 Å². The molecule has 0 atom stereocenters. The number of fused-ring (bicyclic) bond motifs is 1. The zero-order chi connectivity index (χ0) is 13.6. The summed E-state index contributed by atoms with van der Waals surface area (Å²) in [5.41, 5.74) is 1.23. The summed E-state index contributed by atoms with van der Waals surface area (Å²) in [5, 5.41) is 3.87. The van der Waals surface area contributed by atoms with Crippen LogP contribution < -0.4 is 0 Å². The Kier molecular flexibility index (Phi) is 3.31. The first kappa shape index (κ1) is 13.0. The summed E-state index contributed by atoms with van der Waals surface area (Å²) >= 11 is 19.4. The molecule has 96 valence electrons. The Morgan fingerprint density at radius 3 is 2.63 bits per heavy atom. The van der Waals surface area contributed by atoms with Gasteiger partial charge in [-0.15, -0.1) is 11.3 Å². The van der Waals surface area contributed by atoms with Gasteiger partial charge in [-0.05, 0) is 23.6 Å². The minimum Gasteiger partial charge on any atom is -0.360 e. The van der Waals surface area contributed by atoms with Crippen LogP contribution in [0.25, 0.3) is 10.9 Å². The van der Waals surface area contributed by atoms with Gasteiger partial charge in [-0.25, -0.2) is 0 Å². The van der Waals surface area contributed by atoms with Gasteiger partial charge in [0, 0.05) is 22.1 Å². The van der Waals surface area contributed by atoms with E-state index in [1.807, 2.05) is 0 Å². The summed E-state index contributed by atoms with van der Waals surface area (Å²) < 4.78 is 0. The van der Waals surface area contributed by atoms with E-state index in [0.717, 1.165) is 5.52 Å². The molecule has 0 radical (unpaired) electrons. The molecule has 0 fully saturated rings. The Balaban J connectivity index is 2.22. The number of nitrogens with one attached hydrogen (secondary N) is 1. The van der Waals surface area contributed by atoms with Crippen LogP contribution in [0.3, 0.4) is 0 Å². The molecule has 19 heavy (non-hydrogen) atoms. The molecule has 3 rings (SSSR count). The highest BCUT2D eigenvalue weighted by Crippen LogP contribution is 2.33. The molecule has 1 N–H and O–H groups in total. The molecular formula is C13H6Cl3NOS. The van der Waals surface area contributed by atoms with Crippen molar-refractivity contribution in [2.45, 2.75) is 0 Å². The fraction of sp³-hybridized carbons (Fsp3) is 0. The first-order valence-electron chi connectivity index (χ1n) is 5.31. The summed E-state index contributed by atoms with van der Waals surface area (Å²) in [6, 6.07) is 5.05. The molecule has 2 nitrogen and oxygen atoms in total. The molecule has 0 bridgehead atoms. The number of hydrogen-bond donors (Lipinski definition) is 1. The quantitative estimate of drug-likeness (QED) is 0.625. The second kappa shape index (κ2) is 4.84. The molecule has 0 amide bonds. The van der Waals surface area contributed by atoms with E-state index in [1.54, 1.807) is 29.8 Å². The highest BCUT2D eigenvalue weighted by Gasteiger charge is 2.19. The van der Waals surface area contributed by atoms with Gasteiger partial charge < -0.3 is 4.98 Å². The van der Waals surface area contributed by atoms with Gasteiger partial charge in [-0.1, -0.05) is 34.8 Å². The topological polar surface area (TPSA) is 32.9 Å². The van der Waals surface area contributed by atoms with Crippen LogP contribution in [-0.4, -0.2) is 10.8 Å². The first-order chi connectivity index (χ1) is 9.08. The van der Waals surface area contributed by atoms with E-state index < -0.39 is 0 Å². The monoisotopic (exact) mass is 329 g/mol. The second-order valence-electron chi connectivity index (χ2n) is 3.94. The Morgan fingerprint density at radius 2 is 1.95 bits per heavy atom. The number of carbonyl (C=O) groups excluding carboxylic acids is 1. The number of benzene rings is 1. The minimum atomic E-state index is -0.143. The molecule has 0 saturated heterocycles. The maximum Gasteiger partial charge on any atom is 0.206 e. The Bertz CT molecular complexity index is 790. The number of carbonyl (C=O) groups is 1. The van der Waals surface area contributed by atoms with E-state index in [1.165, 1.54) is 11.3 Å². The van der Waals surface area contributed by atoms with Gasteiger partial charge in [0.05, 0.1) is 20.5 Å². The van der Waals surface area contributed by atoms with Crippen LogP contribution >= 0.6 is 46.1 Å². The zero-order valence-electron chi connectivity index (χ0n) is 9.34. The zero-order valence-corrected chi connectivity index (χ0v) is 12.4. The average Bonchev–Trinajstić information content (AvgIpc) is 2.94. The molecule has 6 heteroatoms. The lowest BCUT2D eigenvalue weighted by Crippen LogP contribution is -1.98. The van der Waals surface area contributed by atoms with Crippen molar-refractivity contribution in [3.63, 3.8) is 0 Å². The van der Waals surface area contributed by atoms with Gasteiger partial charge in [-0.3, -0.25) is 4.79 Å². The third-order valence-electron chi connectivity index (χ3n) is 2.76. The van der Waals surface area contributed by atoms with Crippen LogP contribution in [0.2, 0.25) is 15.1 Å². The van der Waals surface area contributed by atoms with Crippen molar-refractivity contribution < 1.29 is 4.79 Å². The number of hydrogen-bond acceptors (Lipinski definition) is 2. The highest BCUT2D eigenvalue weighted by atomic mass is 35.5. The number of thiophene rings is 1. The smallest absolute Gasteiger partial charge is 0.206 e. The lowest BCUT2D eigenvalue weighted by Gasteiger charge is -2.00. The SMILES string of the molecule is O=C(c1sccc1Cl)c1c[nH]c2cc(Cl)cc(Cl)c12. The Morgan fingerprint density at radius 1 is 1.16 bits per heavy atom. The molecule has 0 unspecified atom stereocenters. The highest BCUT2D eigenvalue weighted by molar-refractivity contribution is 7.13. The van der Waals surface area contributed by atoms with E-state index in [2.05, 4.69) is 4.98 Å². The molecular weight excluding hydrogens is 325 g/mol. The number of H-pyrrole nitrogens is 1. The molecule has 2 heterocycles. The summed E-state index contributed by atoms with van der Waals surface area (Å²) in [6.07, 6.45) is 1.63. The average molecular weight is 331 g/mol. The van der Waals surface area contributed by atoms with Gasteiger partial charge >= 0.3 is 0 Å². The maximum absolute atomic E-state index is 12.5. The largest absolute Gasteiger partial charge is 0.360 e. The predicted octanol–water partition coefficient (Wildman–Crippen LogP) is 5.42. The van der Waals surface area contributed by atoms with Crippen molar-refractivity contribution in [1.82, 2.24) is 4.98 Å². The van der Waals surface area contributed by atoms with Crippen LogP contribution in [0.15, 0.2) is 29.8 Å². The number of ketones is 1. The van der Waals surface area contributed by atoms with E-state index >= 15 is 0 Å². The molecule has 0 aliphatic heterocycles. The van der Waals surface area contributed by atoms with Gasteiger partial charge in [0.25, 0.3) is 0 Å². The van der Waals surface area contributed by atoms with Gasteiger partial charge in [0.15, 0.2) is 0 Å². The second-order valence-corrected chi connectivity index (χ2v) is 6.11. The van der Waals surface area contributed by atoms with Gasteiger partial charge in [0.2, 0.25) is 5.78 Å². The first-order valence-corrected chi connectivity index (χ1v) is 7.33. The van der Waals surface area contributed by atoms with E-state index in [9.17, 15) is 4.79 Å². The van der Waals surface area contributed by atoms with Crippen molar-refractivity contribution in [2.75, 3.05) is 0 Å². The molecule has 0 saturated carbocycles. The van der Waals surface area contributed by atoms with Crippen molar-refractivity contribution in [1.29, 1.82) is 0 Å². The Hall–Kier alpha value is -1.000. The van der Waals surface area contributed by atoms with Crippen molar-refractivity contribution >= 4 is 62.8 Å². The van der Waals surface area contributed by atoms with Gasteiger partial charge in [-0.2, -0.15) is 0 Å². The maximum atomic E-state index is 12.5. The van der Waals surface area contributed by atoms with Crippen molar-refractivity contribution in [3.8, 4) is 0 Å². The van der Waals surface area contributed by atoms with Crippen LogP contribution in [-0.2, 0) is 0 Å². The summed E-state index contributed by atoms with van der Waals surface area (Å²) in [4.78, 5) is 16.0. The van der Waals surface area contributed by atoms with Gasteiger partial charge in [0.1, 0.15) is 0 Å². The minimum absolute atomic E-state index is 0.143. The summed E-state index contributed by atoms with van der Waals surface area (Å²) in [6.45, 7) is 0. The summed E-state index contributed by atoms with van der Waals surface area (Å²) in [7, 11) is 0. The third-order valence-corrected chi connectivity index (χ3v) is 4.62. The van der Waals surface area contributed by atoms with Crippen LogP contribution in [0.4, 0.5) is 0 Å². The Labute approximate surface area is 127 Å². The van der Waals surface area contributed by atoms with Crippen LogP contribution in [0, 0.1) is 0 Å². The molecule has 0 spiro atoms. The van der Waals surface area contributed by atoms with Crippen molar-refractivity contribution in [2.24, 2.45) is 0 Å². The lowest BCUT2D eigenvalue weighted by atomic mass is 10.1. The van der Waals surface area contributed by atoms with E-state index in [-0.39, 0.29) is 5.78 Å². The molecule has 3 aromatic rings. The fourth-order valence-corrected chi connectivity index (χ4v) is 3.63. The number of aromatic amines is 1. The fourth-order valence-electron chi connectivity index (χ4n) is 1.94. The molecule has 2 aromatic heterocycles. The molecule has 0 aliphatic rings. The predicted molar refractivity (Wildman–Crippen MR) is 81.1 cm³/mol. The van der Waals surface area contributed by atoms with Crippen LogP contribution in [0.5, 0.6) is 0 Å².